The number of aliphatic hydroxyl groups is 1. The predicted octanol–water partition coefficient (Wildman–Crippen LogP) is 3.73. The maximum Gasteiger partial charge on any atom is 0.168 e. The van der Waals surface area contributed by atoms with E-state index in [1.165, 1.54) is 23.9 Å². The van der Waals surface area contributed by atoms with Gasteiger partial charge in [0.1, 0.15) is 5.82 Å². The van der Waals surface area contributed by atoms with E-state index < -0.39 is 0 Å². The Hall–Kier alpha value is -2.62. The molecule has 0 bridgehead atoms. The molecule has 4 nitrogen and oxygen atoms in total. The summed E-state index contributed by atoms with van der Waals surface area (Å²) in [4.78, 5) is 4.37. The molecule has 126 valence electrons. The molecule has 3 rings (SSSR count). The summed E-state index contributed by atoms with van der Waals surface area (Å²) in [5.41, 5.74) is 3.21. The molecule has 25 heavy (non-hydrogen) atoms. The van der Waals surface area contributed by atoms with Crippen molar-refractivity contribution < 1.29 is 9.50 Å². The SMILES string of the molecule is N#Cc1ccc(CSc2ncc(CO)n2Cc2cccc(F)c2)cc1. The van der Waals surface area contributed by atoms with Crippen molar-refractivity contribution >= 4 is 11.8 Å². The molecular weight excluding hydrogens is 337 g/mol. The van der Waals surface area contributed by atoms with Crippen molar-refractivity contribution in [3.8, 4) is 6.07 Å². The minimum atomic E-state index is -0.282. The summed E-state index contributed by atoms with van der Waals surface area (Å²) in [5.74, 6) is 0.409. The van der Waals surface area contributed by atoms with Crippen LogP contribution in [-0.4, -0.2) is 14.7 Å². The fraction of sp³-hybridized carbons (Fsp3) is 0.158. The lowest BCUT2D eigenvalue weighted by Crippen LogP contribution is -2.06. The second-order valence-corrected chi connectivity index (χ2v) is 6.45. The van der Waals surface area contributed by atoms with Crippen molar-refractivity contribution in [2.45, 2.75) is 24.1 Å². The summed E-state index contributed by atoms with van der Waals surface area (Å²) < 4.78 is 15.3. The number of aliphatic hydroxyl groups excluding tert-OH is 1. The Morgan fingerprint density at radius 2 is 1.96 bits per heavy atom. The van der Waals surface area contributed by atoms with Crippen LogP contribution < -0.4 is 0 Å². The smallest absolute Gasteiger partial charge is 0.168 e. The topological polar surface area (TPSA) is 61.8 Å². The Balaban J connectivity index is 1.77. The standard InChI is InChI=1S/C19H16FN3OS/c20-17-3-1-2-16(8-17)11-23-18(12-24)10-22-19(23)25-13-15-6-4-14(9-21)5-7-15/h1-8,10,24H,11-13H2. The molecule has 3 aromatic rings. The molecule has 0 radical (unpaired) electrons. The van der Waals surface area contributed by atoms with Gasteiger partial charge in [-0.25, -0.2) is 9.37 Å². The molecule has 2 aromatic carbocycles. The molecule has 0 saturated carbocycles. The zero-order valence-corrected chi connectivity index (χ0v) is 14.2. The van der Waals surface area contributed by atoms with Gasteiger partial charge < -0.3 is 9.67 Å². The average Bonchev–Trinajstić information content (AvgIpc) is 3.02. The van der Waals surface area contributed by atoms with Crippen molar-refractivity contribution in [2.75, 3.05) is 0 Å². The summed E-state index contributed by atoms with van der Waals surface area (Å²) >= 11 is 1.54. The first-order valence-electron chi connectivity index (χ1n) is 7.71. The molecule has 0 atom stereocenters. The van der Waals surface area contributed by atoms with Crippen molar-refractivity contribution in [3.63, 3.8) is 0 Å². The van der Waals surface area contributed by atoms with Gasteiger partial charge in [-0.1, -0.05) is 36.0 Å². The lowest BCUT2D eigenvalue weighted by Gasteiger charge is -2.11. The van der Waals surface area contributed by atoms with E-state index in [0.717, 1.165) is 16.3 Å². The van der Waals surface area contributed by atoms with Crippen LogP contribution in [0.2, 0.25) is 0 Å². The van der Waals surface area contributed by atoms with Crippen LogP contribution in [0, 0.1) is 17.1 Å². The van der Waals surface area contributed by atoms with Crippen LogP contribution in [0.15, 0.2) is 59.9 Å². The fourth-order valence-electron chi connectivity index (χ4n) is 2.44. The summed E-state index contributed by atoms with van der Waals surface area (Å²) in [6.07, 6.45) is 1.64. The van der Waals surface area contributed by atoms with Gasteiger partial charge in [0.2, 0.25) is 0 Å². The average molecular weight is 353 g/mol. The lowest BCUT2D eigenvalue weighted by atomic mass is 10.2. The molecule has 0 aliphatic heterocycles. The van der Waals surface area contributed by atoms with Crippen molar-refractivity contribution in [3.05, 3.63) is 82.9 Å². The first-order valence-corrected chi connectivity index (χ1v) is 8.69. The number of imidazole rings is 1. The van der Waals surface area contributed by atoms with E-state index in [4.69, 9.17) is 5.26 Å². The lowest BCUT2D eigenvalue weighted by molar-refractivity contribution is 0.270. The highest BCUT2D eigenvalue weighted by molar-refractivity contribution is 7.98. The molecule has 0 aliphatic rings. The van der Waals surface area contributed by atoms with Gasteiger partial charge in [-0.3, -0.25) is 0 Å². The number of halogens is 1. The highest BCUT2D eigenvalue weighted by Gasteiger charge is 2.11. The van der Waals surface area contributed by atoms with Crippen LogP contribution >= 0.6 is 11.8 Å². The Kier molecular flexibility index (Phi) is 5.49. The van der Waals surface area contributed by atoms with E-state index in [1.54, 1.807) is 24.4 Å². The van der Waals surface area contributed by atoms with Gasteiger partial charge in [-0.2, -0.15) is 5.26 Å². The minimum Gasteiger partial charge on any atom is -0.390 e. The van der Waals surface area contributed by atoms with Crippen LogP contribution in [-0.2, 0) is 18.9 Å². The van der Waals surface area contributed by atoms with Crippen LogP contribution in [0.5, 0.6) is 0 Å². The Morgan fingerprint density at radius 3 is 2.64 bits per heavy atom. The molecule has 1 aromatic heterocycles. The van der Waals surface area contributed by atoms with Crippen LogP contribution in [0.3, 0.4) is 0 Å². The van der Waals surface area contributed by atoms with E-state index in [2.05, 4.69) is 11.1 Å². The van der Waals surface area contributed by atoms with Gasteiger partial charge in [0, 0.05) is 5.75 Å². The molecule has 0 saturated heterocycles. The molecule has 0 unspecified atom stereocenters. The van der Waals surface area contributed by atoms with Crippen LogP contribution in [0.4, 0.5) is 4.39 Å². The first kappa shape index (κ1) is 17.2. The molecule has 0 spiro atoms. The van der Waals surface area contributed by atoms with E-state index in [-0.39, 0.29) is 12.4 Å². The molecule has 0 fully saturated rings. The second-order valence-electron chi connectivity index (χ2n) is 5.50. The molecule has 6 heteroatoms. The highest BCUT2D eigenvalue weighted by atomic mass is 32.2. The third kappa shape index (κ3) is 4.27. The number of nitrogens with zero attached hydrogens (tertiary/aromatic N) is 3. The Bertz CT molecular complexity index is 900. The Morgan fingerprint density at radius 1 is 1.16 bits per heavy atom. The van der Waals surface area contributed by atoms with Gasteiger partial charge in [0.05, 0.1) is 36.7 Å². The number of benzene rings is 2. The molecule has 1 heterocycles. The number of hydrogen-bond donors (Lipinski definition) is 1. The van der Waals surface area contributed by atoms with Gasteiger partial charge in [-0.15, -0.1) is 0 Å². The summed E-state index contributed by atoms with van der Waals surface area (Å²) in [5, 5.41) is 19.1. The summed E-state index contributed by atoms with van der Waals surface area (Å²) in [7, 11) is 0. The van der Waals surface area contributed by atoms with Gasteiger partial charge >= 0.3 is 0 Å². The highest BCUT2D eigenvalue weighted by Crippen LogP contribution is 2.24. The summed E-state index contributed by atoms with van der Waals surface area (Å²) in [6.45, 7) is 0.323. The normalized spacial score (nSPS) is 10.6. The van der Waals surface area contributed by atoms with Crippen molar-refractivity contribution in [2.24, 2.45) is 0 Å². The second kappa shape index (κ2) is 7.97. The number of aromatic nitrogens is 2. The monoisotopic (exact) mass is 353 g/mol. The maximum atomic E-state index is 13.4. The summed E-state index contributed by atoms with van der Waals surface area (Å²) in [6, 6.07) is 15.9. The van der Waals surface area contributed by atoms with E-state index in [0.29, 0.717) is 23.6 Å². The molecule has 0 aliphatic carbocycles. The van der Waals surface area contributed by atoms with Gasteiger partial charge in [0.15, 0.2) is 5.16 Å². The van der Waals surface area contributed by atoms with E-state index in [9.17, 15) is 9.50 Å². The molecular formula is C19H16FN3OS. The van der Waals surface area contributed by atoms with Crippen LogP contribution in [0.25, 0.3) is 0 Å². The predicted molar refractivity (Wildman–Crippen MR) is 94.4 cm³/mol. The number of thioether (sulfide) groups is 1. The maximum absolute atomic E-state index is 13.4. The van der Waals surface area contributed by atoms with Crippen molar-refractivity contribution in [1.29, 1.82) is 5.26 Å². The molecule has 1 N–H and O–H groups in total. The van der Waals surface area contributed by atoms with Gasteiger partial charge in [-0.05, 0) is 35.4 Å². The van der Waals surface area contributed by atoms with E-state index in [1.807, 2.05) is 22.8 Å². The third-order valence-electron chi connectivity index (χ3n) is 3.74. The quantitative estimate of drug-likeness (QED) is 0.686. The van der Waals surface area contributed by atoms with E-state index >= 15 is 0 Å². The first-order chi connectivity index (χ1) is 12.2. The fourth-order valence-corrected chi connectivity index (χ4v) is 3.40. The van der Waals surface area contributed by atoms with Crippen molar-refractivity contribution in [1.82, 2.24) is 9.55 Å². The molecule has 0 amide bonds. The Labute approximate surface area is 149 Å². The van der Waals surface area contributed by atoms with Crippen LogP contribution in [0.1, 0.15) is 22.4 Å². The number of rotatable bonds is 6. The van der Waals surface area contributed by atoms with Gasteiger partial charge in [0.25, 0.3) is 0 Å². The number of hydrogen-bond acceptors (Lipinski definition) is 4. The largest absolute Gasteiger partial charge is 0.390 e. The number of nitriles is 1. The zero-order chi connectivity index (χ0) is 17.6. The zero-order valence-electron chi connectivity index (χ0n) is 13.4. The minimum absolute atomic E-state index is 0.125. The third-order valence-corrected chi connectivity index (χ3v) is 4.81.